The van der Waals surface area contributed by atoms with E-state index >= 15 is 0 Å². The Hall–Kier alpha value is -1.59. The molecule has 1 unspecified atom stereocenters. The van der Waals surface area contributed by atoms with E-state index in [9.17, 15) is 9.90 Å². The molecule has 0 aromatic heterocycles. The molecule has 1 aromatic rings. The van der Waals surface area contributed by atoms with Crippen molar-refractivity contribution in [2.45, 2.75) is 39.1 Å². The lowest BCUT2D eigenvalue weighted by Gasteiger charge is -2.10. The van der Waals surface area contributed by atoms with Crippen LogP contribution in [0.15, 0.2) is 18.2 Å². The van der Waals surface area contributed by atoms with E-state index in [0.717, 1.165) is 11.3 Å². The first-order valence-electron chi connectivity index (χ1n) is 6.61. The Morgan fingerprint density at radius 3 is 3.00 bits per heavy atom. The van der Waals surface area contributed by atoms with Crippen LogP contribution in [0.5, 0.6) is 0 Å². The zero-order valence-electron chi connectivity index (χ0n) is 11.1. The molecule has 2 rings (SSSR count). The van der Waals surface area contributed by atoms with Crippen LogP contribution in [-0.2, 0) is 18.0 Å². The number of nitrogens with one attached hydrogen (secondary N) is 2. The van der Waals surface area contributed by atoms with E-state index in [-0.39, 0.29) is 12.1 Å². The second-order valence-corrected chi connectivity index (χ2v) is 4.71. The minimum Gasteiger partial charge on any atom is -0.393 e. The van der Waals surface area contributed by atoms with Gasteiger partial charge in [0.2, 0.25) is 0 Å². The Morgan fingerprint density at radius 2 is 2.21 bits per heavy atom. The number of hydrogen-bond acceptors (Lipinski definition) is 3. The predicted molar refractivity (Wildman–Crippen MR) is 72.9 cm³/mol. The van der Waals surface area contributed by atoms with Gasteiger partial charge >= 0.3 is 6.03 Å². The summed E-state index contributed by atoms with van der Waals surface area (Å²) in [5.41, 5.74) is 3.06. The predicted octanol–water partition coefficient (Wildman–Crippen LogP) is 2.00. The molecule has 3 N–H and O–H groups in total. The third-order valence-corrected chi connectivity index (χ3v) is 3.21. The molecule has 0 spiro atoms. The first kappa shape index (κ1) is 13.8. The number of aliphatic hydroxyl groups is 1. The number of rotatable bonds is 5. The molecule has 5 heteroatoms. The number of anilines is 1. The second kappa shape index (κ2) is 6.54. The van der Waals surface area contributed by atoms with E-state index in [1.54, 1.807) is 0 Å². The molecule has 1 atom stereocenters. The van der Waals surface area contributed by atoms with Crippen LogP contribution in [0.4, 0.5) is 10.5 Å². The number of carbonyl (C=O) groups is 1. The fourth-order valence-corrected chi connectivity index (χ4v) is 1.98. The molecule has 5 nitrogen and oxygen atoms in total. The van der Waals surface area contributed by atoms with E-state index < -0.39 is 0 Å². The first-order valence-corrected chi connectivity index (χ1v) is 6.61. The quantitative estimate of drug-likeness (QED) is 0.761. The molecule has 104 valence electrons. The molecule has 0 fully saturated rings. The van der Waals surface area contributed by atoms with Crippen LogP contribution in [0, 0.1) is 0 Å². The number of aliphatic hydroxyl groups excluding tert-OH is 1. The van der Waals surface area contributed by atoms with Gasteiger partial charge in [-0.1, -0.05) is 13.0 Å². The average Bonchev–Trinajstić information content (AvgIpc) is 2.85. The Morgan fingerprint density at radius 1 is 1.42 bits per heavy atom. The molecule has 0 radical (unpaired) electrons. The largest absolute Gasteiger partial charge is 0.393 e. The Bertz CT molecular complexity index is 448. The highest BCUT2D eigenvalue weighted by Crippen LogP contribution is 2.23. The monoisotopic (exact) mass is 264 g/mol. The van der Waals surface area contributed by atoms with Gasteiger partial charge in [-0.05, 0) is 36.1 Å². The number of carbonyl (C=O) groups excluding carboxylic acids is 1. The second-order valence-electron chi connectivity index (χ2n) is 4.71. The van der Waals surface area contributed by atoms with Gasteiger partial charge in [-0.25, -0.2) is 4.79 Å². The van der Waals surface area contributed by atoms with Gasteiger partial charge in [-0.15, -0.1) is 0 Å². The highest BCUT2D eigenvalue weighted by molar-refractivity contribution is 5.89. The van der Waals surface area contributed by atoms with Crippen molar-refractivity contribution in [1.29, 1.82) is 0 Å². The van der Waals surface area contributed by atoms with E-state index in [1.807, 2.05) is 25.1 Å². The third-order valence-electron chi connectivity index (χ3n) is 3.21. The van der Waals surface area contributed by atoms with E-state index in [2.05, 4.69) is 10.6 Å². The van der Waals surface area contributed by atoms with Gasteiger partial charge < -0.3 is 20.5 Å². The standard InChI is InChI=1S/C14H20N2O3/c1-2-13(17)5-6-15-14(18)16-12-4-3-10-8-19-9-11(10)7-12/h3-4,7,13,17H,2,5-6,8-9H2,1H3,(H2,15,16,18). The van der Waals surface area contributed by atoms with Crippen molar-refractivity contribution in [2.24, 2.45) is 0 Å². The van der Waals surface area contributed by atoms with Crippen LogP contribution in [0.2, 0.25) is 0 Å². The zero-order chi connectivity index (χ0) is 13.7. The summed E-state index contributed by atoms with van der Waals surface area (Å²) in [5.74, 6) is 0. The average molecular weight is 264 g/mol. The minimum atomic E-state index is -0.350. The molecule has 1 aromatic carbocycles. The summed E-state index contributed by atoms with van der Waals surface area (Å²) in [4.78, 5) is 11.6. The van der Waals surface area contributed by atoms with Gasteiger partial charge in [-0.2, -0.15) is 0 Å². The summed E-state index contributed by atoms with van der Waals surface area (Å²) < 4.78 is 5.32. The van der Waals surface area contributed by atoms with Crippen molar-refractivity contribution < 1.29 is 14.6 Å². The third kappa shape index (κ3) is 3.94. The maximum atomic E-state index is 11.6. The summed E-state index contributed by atoms with van der Waals surface area (Å²) in [6.45, 7) is 3.64. The maximum absolute atomic E-state index is 11.6. The van der Waals surface area contributed by atoms with Crippen LogP contribution in [0.3, 0.4) is 0 Å². The van der Waals surface area contributed by atoms with Crippen molar-refractivity contribution in [2.75, 3.05) is 11.9 Å². The number of fused-ring (bicyclic) bond motifs is 1. The molecule has 0 bridgehead atoms. The topological polar surface area (TPSA) is 70.6 Å². The van der Waals surface area contributed by atoms with Gasteiger partial charge in [0.1, 0.15) is 0 Å². The molecule has 1 heterocycles. The highest BCUT2D eigenvalue weighted by Gasteiger charge is 2.12. The molecule has 0 saturated heterocycles. The van der Waals surface area contributed by atoms with Crippen molar-refractivity contribution in [3.05, 3.63) is 29.3 Å². The number of hydrogen-bond donors (Lipinski definition) is 3. The van der Waals surface area contributed by atoms with Crippen LogP contribution in [0.1, 0.15) is 30.9 Å². The summed E-state index contributed by atoms with van der Waals surface area (Å²) in [7, 11) is 0. The molecule has 0 saturated carbocycles. The fourth-order valence-electron chi connectivity index (χ4n) is 1.98. The SMILES string of the molecule is CCC(O)CCNC(=O)Nc1ccc2c(c1)COC2. The van der Waals surface area contributed by atoms with Gasteiger partial charge in [0.25, 0.3) is 0 Å². The Balaban J connectivity index is 1.79. The van der Waals surface area contributed by atoms with Crippen LogP contribution >= 0.6 is 0 Å². The molecule has 1 aliphatic heterocycles. The number of urea groups is 1. The lowest BCUT2D eigenvalue weighted by atomic mass is 10.1. The first-order chi connectivity index (χ1) is 9.19. The van der Waals surface area contributed by atoms with Crippen LogP contribution in [-0.4, -0.2) is 23.8 Å². The summed E-state index contributed by atoms with van der Waals surface area (Å²) in [6.07, 6.45) is 0.924. The molecular formula is C14H20N2O3. The number of amides is 2. The smallest absolute Gasteiger partial charge is 0.319 e. The van der Waals surface area contributed by atoms with Crippen molar-refractivity contribution in [3.8, 4) is 0 Å². The van der Waals surface area contributed by atoms with E-state index in [4.69, 9.17) is 4.74 Å². The lowest BCUT2D eigenvalue weighted by Crippen LogP contribution is -2.31. The van der Waals surface area contributed by atoms with Crippen molar-refractivity contribution >= 4 is 11.7 Å². The Labute approximate surface area is 113 Å². The van der Waals surface area contributed by atoms with Gasteiger partial charge in [0.05, 0.1) is 19.3 Å². The lowest BCUT2D eigenvalue weighted by molar-refractivity contribution is 0.134. The maximum Gasteiger partial charge on any atom is 0.319 e. The van der Waals surface area contributed by atoms with Crippen molar-refractivity contribution in [1.82, 2.24) is 5.32 Å². The molecular weight excluding hydrogens is 244 g/mol. The normalized spacial score (nSPS) is 14.8. The summed E-state index contributed by atoms with van der Waals surface area (Å²) in [6, 6.07) is 5.53. The van der Waals surface area contributed by atoms with Gasteiger partial charge in [0, 0.05) is 12.2 Å². The number of benzene rings is 1. The summed E-state index contributed by atoms with van der Waals surface area (Å²) in [5, 5.41) is 14.9. The minimum absolute atomic E-state index is 0.248. The van der Waals surface area contributed by atoms with Crippen molar-refractivity contribution in [3.63, 3.8) is 0 Å². The van der Waals surface area contributed by atoms with Crippen LogP contribution in [0.25, 0.3) is 0 Å². The molecule has 1 aliphatic rings. The van der Waals surface area contributed by atoms with Gasteiger partial charge in [-0.3, -0.25) is 0 Å². The zero-order valence-corrected chi connectivity index (χ0v) is 11.1. The highest BCUT2D eigenvalue weighted by atomic mass is 16.5. The molecule has 19 heavy (non-hydrogen) atoms. The Kier molecular flexibility index (Phi) is 4.76. The summed E-state index contributed by atoms with van der Waals surface area (Å²) >= 11 is 0. The van der Waals surface area contributed by atoms with E-state index in [1.165, 1.54) is 5.56 Å². The van der Waals surface area contributed by atoms with E-state index in [0.29, 0.717) is 32.6 Å². The molecule has 0 aliphatic carbocycles. The molecule has 2 amide bonds. The van der Waals surface area contributed by atoms with Gasteiger partial charge in [0.15, 0.2) is 0 Å². The fraction of sp³-hybridized carbons (Fsp3) is 0.500. The van der Waals surface area contributed by atoms with Crippen LogP contribution < -0.4 is 10.6 Å². The number of ether oxygens (including phenoxy) is 1.